The molecular weight excluding hydrogens is 374 g/mol. The average Bonchev–Trinajstić information content (AvgIpc) is 2.67. The number of sulfonamides is 1. The molecular formula is C21H25N3O3S. The van der Waals surface area contributed by atoms with Gasteiger partial charge in [0.2, 0.25) is 15.9 Å². The van der Waals surface area contributed by atoms with E-state index in [9.17, 15) is 13.2 Å². The topological polar surface area (TPSA) is 69.7 Å². The zero-order valence-electron chi connectivity index (χ0n) is 15.9. The molecule has 0 aliphatic carbocycles. The van der Waals surface area contributed by atoms with E-state index in [1.165, 1.54) is 5.56 Å². The lowest BCUT2D eigenvalue weighted by Gasteiger charge is -2.34. The molecule has 0 saturated carbocycles. The molecule has 0 unspecified atom stereocenters. The minimum atomic E-state index is -3.29. The molecule has 0 spiro atoms. The molecule has 3 rings (SSSR count). The fourth-order valence-corrected chi connectivity index (χ4v) is 3.68. The summed E-state index contributed by atoms with van der Waals surface area (Å²) in [4.78, 5) is 16.6. The summed E-state index contributed by atoms with van der Waals surface area (Å²) in [6, 6.07) is 17.2. The number of benzene rings is 2. The Morgan fingerprint density at radius 3 is 2.25 bits per heavy atom. The highest BCUT2D eigenvalue weighted by molar-refractivity contribution is 7.92. The number of piperazine rings is 1. The quantitative estimate of drug-likeness (QED) is 0.758. The second kappa shape index (κ2) is 9.03. The van der Waals surface area contributed by atoms with Crippen molar-refractivity contribution in [1.82, 2.24) is 9.80 Å². The number of carbonyl (C=O) groups excluding carboxylic acids is 1. The first-order chi connectivity index (χ1) is 13.4. The van der Waals surface area contributed by atoms with Gasteiger partial charge in [0.15, 0.2) is 0 Å². The molecule has 1 aliphatic heterocycles. The molecule has 2 aromatic carbocycles. The fourth-order valence-electron chi connectivity index (χ4n) is 3.12. The van der Waals surface area contributed by atoms with Gasteiger partial charge in [-0.05, 0) is 29.3 Å². The van der Waals surface area contributed by atoms with Crippen molar-refractivity contribution in [3.05, 3.63) is 71.8 Å². The maximum Gasteiger partial charge on any atom is 0.246 e. The van der Waals surface area contributed by atoms with Crippen molar-refractivity contribution in [2.75, 3.05) is 37.2 Å². The molecule has 6 nitrogen and oxygen atoms in total. The highest BCUT2D eigenvalue weighted by Gasteiger charge is 2.19. The van der Waals surface area contributed by atoms with Gasteiger partial charge in [-0.3, -0.25) is 14.4 Å². The number of amides is 1. The second-order valence-electron chi connectivity index (χ2n) is 6.92. The number of nitrogens with one attached hydrogen (secondary N) is 1. The Bertz CT molecular complexity index is 917. The number of hydrogen-bond acceptors (Lipinski definition) is 4. The Balaban J connectivity index is 1.48. The van der Waals surface area contributed by atoms with E-state index in [4.69, 9.17) is 0 Å². The van der Waals surface area contributed by atoms with Crippen molar-refractivity contribution >= 4 is 27.7 Å². The summed E-state index contributed by atoms with van der Waals surface area (Å²) in [5.41, 5.74) is 2.63. The molecule has 148 valence electrons. The lowest BCUT2D eigenvalue weighted by atomic mass is 10.2. The summed E-state index contributed by atoms with van der Waals surface area (Å²) in [5, 5.41) is 0. The van der Waals surface area contributed by atoms with Crippen molar-refractivity contribution in [2.45, 2.75) is 6.54 Å². The maximum atomic E-state index is 12.4. The molecule has 1 amide bonds. The Labute approximate surface area is 166 Å². The molecule has 0 atom stereocenters. The van der Waals surface area contributed by atoms with Gasteiger partial charge in [0.25, 0.3) is 0 Å². The van der Waals surface area contributed by atoms with Gasteiger partial charge in [0.1, 0.15) is 0 Å². The predicted molar refractivity (Wildman–Crippen MR) is 112 cm³/mol. The molecule has 1 aliphatic rings. The van der Waals surface area contributed by atoms with E-state index in [1.54, 1.807) is 36.4 Å². The van der Waals surface area contributed by atoms with E-state index in [-0.39, 0.29) is 5.91 Å². The minimum absolute atomic E-state index is 0.00213. The van der Waals surface area contributed by atoms with Crippen molar-refractivity contribution < 1.29 is 13.2 Å². The molecule has 1 saturated heterocycles. The Morgan fingerprint density at radius 2 is 1.64 bits per heavy atom. The van der Waals surface area contributed by atoms with E-state index < -0.39 is 10.0 Å². The van der Waals surface area contributed by atoms with Crippen LogP contribution in [0.1, 0.15) is 11.1 Å². The van der Waals surface area contributed by atoms with Crippen molar-refractivity contribution in [3.8, 4) is 0 Å². The van der Waals surface area contributed by atoms with Crippen LogP contribution >= 0.6 is 0 Å². The summed E-state index contributed by atoms with van der Waals surface area (Å²) in [6.45, 7) is 4.06. The van der Waals surface area contributed by atoms with Crippen LogP contribution < -0.4 is 4.72 Å². The van der Waals surface area contributed by atoms with Crippen molar-refractivity contribution in [2.24, 2.45) is 0 Å². The SMILES string of the molecule is CS(=O)(=O)Nc1ccc(/C=C/C(=O)N2CCN(Cc3ccccc3)CC2)cc1. The first kappa shape index (κ1) is 20.1. The van der Waals surface area contributed by atoms with Gasteiger partial charge in [-0.1, -0.05) is 42.5 Å². The summed E-state index contributed by atoms with van der Waals surface area (Å²) >= 11 is 0. The van der Waals surface area contributed by atoms with Gasteiger partial charge in [0, 0.05) is 44.5 Å². The van der Waals surface area contributed by atoms with E-state index in [0.717, 1.165) is 31.5 Å². The Morgan fingerprint density at radius 1 is 1.00 bits per heavy atom. The first-order valence-corrected chi connectivity index (χ1v) is 11.1. The van der Waals surface area contributed by atoms with Crippen LogP contribution in [0, 0.1) is 0 Å². The van der Waals surface area contributed by atoms with E-state index in [2.05, 4.69) is 21.8 Å². The standard InChI is InChI=1S/C21H25N3O3S/c1-28(26,27)22-20-10-7-18(8-11-20)9-12-21(25)24-15-13-23(14-16-24)17-19-5-3-2-4-6-19/h2-12,22H,13-17H2,1H3/b12-9+. The van der Waals surface area contributed by atoms with Gasteiger partial charge < -0.3 is 4.90 Å². The molecule has 7 heteroatoms. The lowest BCUT2D eigenvalue weighted by molar-refractivity contribution is -0.127. The third kappa shape index (κ3) is 6.21. The Hall–Kier alpha value is -2.64. The predicted octanol–water partition coefficient (Wildman–Crippen LogP) is 2.42. The number of anilines is 1. The van der Waals surface area contributed by atoms with Crippen LogP contribution in [-0.4, -0.2) is 56.6 Å². The molecule has 1 N–H and O–H groups in total. The molecule has 28 heavy (non-hydrogen) atoms. The van der Waals surface area contributed by atoms with Crippen LogP contribution in [0.15, 0.2) is 60.7 Å². The van der Waals surface area contributed by atoms with Crippen LogP contribution in [0.3, 0.4) is 0 Å². The smallest absolute Gasteiger partial charge is 0.246 e. The van der Waals surface area contributed by atoms with Gasteiger partial charge in [-0.25, -0.2) is 8.42 Å². The van der Waals surface area contributed by atoms with Crippen LogP contribution in [0.2, 0.25) is 0 Å². The first-order valence-electron chi connectivity index (χ1n) is 9.20. The molecule has 0 bridgehead atoms. The third-order valence-electron chi connectivity index (χ3n) is 4.57. The Kier molecular flexibility index (Phi) is 6.49. The van der Waals surface area contributed by atoms with E-state index >= 15 is 0 Å². The second-order valence-corrected chi connectivity index (χ2v) is 8.67. The van der Waals surface area contributed by atoms with Gasteiger partial charge in [0.05, 0.1) is 6.26 Å². The molecule has 2 aromatic rings. The number of nitrogens with zero attached hydrogens (tertiary/aromatic N) is 2. The zero-order valence-corrected chi connectivity index (χ0v) is 16.7. The summed E-state index contributed by atoms with van der Waals surface area (Å²) in [5.74, 6) is -0.00213. The highest BCUT2D eigenvalue weighted by atomic mass is 32.2. The monoisotopic (exact) mass is 399 g/mol. The van der Waals surface area contributed by atoms with Crippen LogP contribution in [-0.2, 0) is 21.4 Å². The van der Waals surface area contributed by atoms with Gasteiger partial charge in [-0.2, -0.15) is 0 Å². The maximum absolute atomic E-state index is 12.4. The van der Waals surface area contributed by atoms with Crippen molar-refractivity contribution in [1.29, 1.82) is 0 Å². The number of hydrogen-bond donors (Lipinski definition) is 1. The highest BCUT2D eigenvalue weighted by Crippen LogP contribution is 2.13. The van der Waals surface area contributed by atoms with Crippen LogP contribution in [0.4, 0.5) is 5.69 Å². The summed E-state index contributed by atoms with van der Waals surface area (Å²) in [6.07, 6.45) is 4.44. The van der Waals surface area contributed by atoms with E-state index in [0.29, 0.717) is 18.8 Å². The largest absolute Gasteiger partial charge is 0.337 e. The van der Waals surface area contributed by atoms with Gasteiger partial charge in [-0.15, -0.1) is 0 Å². The third-order valence-corrected chi connectivity index (χ3v) is 5.17. The average molecular weight is 400 g/mol. The molecule has 1 heterocycles. The minimum Gasteiger partial charge on any atom is -0.337 e. The van der Waals surface area contributed by atoms with Gasteiger partial charge >= 0.3 is 0 Å². The fraction of sp³-hybridized carbons (Fsp3) is 0.286. The summed E-state index contributed by atoms with van der Waals surface area (Å²) < 4.78 is 24.9. The van der Waals surface area contributed by atoms with E-state index in [1.807, 2.05) is 23.1 Å². The normalized spacial score (nSPS) is 15.7. The van der Waals surface area contributed by atoms with Crippen LogP contribution in [0.5, 0.6) is 0 Å². The molecule has 0 aromatic heterocycles. The molecule has 0 radical (unpaired) electrons. The summed E-state index contributed by atoms with van der Waals surface area (Å²) in [7, 11) is -3.29. The molecule has 1 fully saturated rings. The number of rotatable bonds is 6. The number of carbonyl (C=O) groups is 1. The van der Waals surface area contributed by atoms with Crippen molar-refractivity contribution in [3.63, 3.8) is 0 Å². The lowest BCUT2D eigenvalue weighted by Crippen LogP contribution is -2.47. The van der Waals surface area contributed by atoms with Crippen LogP contribution in [0.25, 0.3) is 6.08 Å². The zero-order chi connectivity index (χ0) is 20.0.